The van der Waals surface area contributed by atoms with Crippen molar-refractivity contribution in [1.29, 1.82) is 0 Å². The second-order valence-electron chi connectivity index (χ2n) is 3.63. The molecule has 0 radical (unpaired) electrons. The van der Waals surface area contributed by atoms with E-state index in [2.05, 4.69) is 5.32 Å². The molecule has 0 bridgehead atoms. The summed E-state index contributed by atoms with van der Waals surface area (Å²) in [5.74, 6) is -0.533. The summed E-state index contributed by atoms with van der Waals surface area (Å²) in [5.41, 5.74) is -0.137. The Hall–Kier alpha value is -1.23. The van der Waals surface area contributed by atoms with Crippen molar-refractivity contribution in [1.82, 2.24) is 0 Å². The van der Waals surface area contributed by atoms with Crippen LogP contribution < -0.4 is 5.32 Å². The van der Waals surface area contributed by atoms with Gasteiger partial charge >= 0.3 is 6.18 Å². The minimum absolute atomic E-state index is 0.123. The first-order chi connectivity index (χ1) is 7.71. The van der Waals surface area contributed by atoms with Gasteiger partial charge in [0.05, 0.1) is 5.56 Å². The van der Waals surface area contributed by atoms with Gasteiger partial charge in [0, 0.05) is 5.69 Å². The minimum atomic E-state index is -4.43. The van der Waals surface area contributed by atoms with Gasteiger partial charge in [0.25, 0.3) is 0 Å². The highest BCUT2D eigenvalue weighted by molar-refractivity contribution is 6.32. The van der Waals surface area contributed by atoms with Gasteiger partial charge in [0.2, 0.25) is 5.91 Å². The molecule has 0 aliphatic heterocycles. The van der Waals surface area contributed by atoms with Gasteiger partial charge in [0.1, 0.15) is 5.38 Å². The molecule has 0 saturated carbocycles. The van der Waals surface area contributed by atoms with Gasteiger partial charge in [0.15, 0.2) is 0 Å². The quantitative estimate of drug-likeness (QED) is 0.814. The molecule has 1 N–H and O–H groups in total. The first-order valence-corrected chi connectivity index (χ1v) is 5.28. The van der Waals surface area contributed by atoms with Crippen molar-refractivity contribution < 1.29 is 18.0 Å². The molecule has 1 unspecified atom stereocenters. The van der Waals surface area contributed by atoms with Crippen molar-refractivity contribution >= 4 is 23.2 Å². The predicted octanol–water partition coefficient (Wildman–Crippen LogP) is 3.58. The molecule has 2 nitrogen and oxygen atoms in total. The molecule has 1 atom stereocenters. The van der Waals surface area contributed by atoms with Crippen molar-refractivity contribution in [2.45, 2.75) is 25.4 Å². The largest absolute Gasteiger partial charge is 0.416 e. The van der Waals surface area contributed by atoms with Crippen LogP contribution in [0.2, 0.25) is 0 Å². The highest BCUT2D eigenvalue weighted by Gasteiger charge is 2.31. The Morgan fingerprint density at radius 3 is 2.47 bits per heavy atom. The summed E-state index contributed by atoms with van der Waals surface area (Å²) in [6, 6.07) is 3.17. The maximum atomic E-state index is 12.5. The van der Waals surface area contributed by atoms with E-state index in [0.29, 0.717) is 5.56 Å². The highest BCUT2D eigenvalue weighted by atomic mass is 35.5. The minimum Gasteiger partial charge on any atom is -0.325 e. The fourth-order valence-electron chi connectivity index (χ4n) is 1.17. The number of anilines is 1. The molecule has 0 heterocycles. The molecular weight excluding hydrogens is 255 g/mol. The molecule has 0 saturated heterocycles. The molecule has 1 amide bonds. The second-order valence-corrected chi connectivity index (χ2v) is 4.29. The third kappa shape index (κ3) is 3.63. The van der Waals surface area contributed by atoms with Crippen molar-refractivity contribution in [3.63, 3.8) is 0 Å². The van der Waals surface area contributed by atoms with Crippen LogP contribution in [0.25, 0.3) is 0 Å². The zero-order valence-corrected chi connectivity index (χ0v) is 9.99. The van der Waals surface area contributed by atoms with Crippen LogP contribution in [-0.4, -0.2) is 11.3 Å². The number of alkyl halides is 4. The van der Waals surface area contributed by atoms with E-state index in [-0.39, 0.29) is 5.69 Å². The van der Waals surface area contributed by atoms with Gasteiger partial charge < -0.3 is 5.32 Å². The average Bonchev–Trinajstić information content (AvgIpc) is 2.19. The monoisotopic (exact) mass is 265 g/mol. The Kier molecular flexibility index (Phi) is 4.03. The fraction of sp³-hybridized carbons (Fsp3) is 0.364. The molecule has 94 valence electrons. The maximum Gasteiger partial charge on any atom is 0.416 e. The van der Waals surface area contributed by atoms with Crippen LogP contribution in [-0.2, 0) is 11.0 Å². The van der Waals surface area contributed by atoms with Gasteiger partial charge in [-0.25, -0.2) is 0 Å². The lowest BCUT2D eigenvalue weighted by molar-refractivity contribution is -0.137. The fourth-order valence-corrected chi connectivity index (χ4v) is 1.22. The molecule has 1 aromatic carbocycles. The highest BCUT2D eigenvalue weighted by Crippen LogP contribution is 2.32. The summed E-state index contributed by atoms with van der Waals surface area (Å²) in [4.78, 5) is 11.3. The number of aryl methyl sites for hydroxylation is 1. The third-order valence-electron chi connectivity index (χ3n) is 2.18. The summed E-state index contributed by atoms with van der Waals surface area (Å²) >= 11 is 5.53. The summed E-state index contributed by atoms with van der Waals surface area (Å²) in [5, 5.41) is 1.55. The maximum absolute atomic E-state index is 12.5. The van der Waals surface area contributed by atoms with Crippen LogP contribution in [0.15, 0.2) is 18.2 Å². The van der Waals surface area contributed by atoms with Gasteiger partial charge in [-0.15, -0.1) is 11.6 Å². The van der Waals surface area contributed by atoms with Gasteiger partial charge in [-0.05, 0) is 31.5 Å². The lowest BCUT2D eigenvalue weighted by Crippen LogP contribution is -2.21. The molecule has 0 aliphatic carbocycles. The topological polar surface area (TPSA) is 29.1 Å². The van der Waals surface area contributed by atoms with E-state index in [4.69, 9.17) is 11.6 Å². The Bertz CT molecular complexity index is 429. The summed E-state index contributed by atoms with van der Waals surface area (Å²) in [7, 11) is 0. The number of carbonyl (C=O) groups is 1. The van der Waals surface area contributed by atoms with E-state index in [1.807, 2.05) is 0 Å². The van der Waals surface area contributed by atoms with Crippen molar-refractivity contribution in [2.24, 2.45) is 0 Å². The number of amides is 1. The van der Waals surface area contributed by atoms with Crippen LogP contribution in [0.3, 0.4) is 0 Å². The molecule has 17 heavy (non-hydrogen) atoms. The van der Waals surface area contributed by atoms with Gasteiger partial charge in [-0.3, -0.25) is 4.79 Å². The molecule has 1 rings (SSSR count). The molecule has 1 aromatic rings. The van der Waals surface area contributed by atoms with E-state index in [9.17, 15) is 18.0 Å². The number of carbonyl (C=O) groups excluding carboxylic acids is 1. The molecule has 0 aromatic heterocycles. The first-order valence-electron chi connectivity index (χ1n) is 4.84. The smallest absolute Gasteiger partial charge is 0.325 e. The number of benzene rings is 1. The Labute approximate surface area is 102 Å². The number of hydrogen-bond acceptors (Lipinski definition) is 1. The lowest BCUT2D eigenvalue weighted by Gasteiger charge is -2.13. The van der Waals surface area contributed by atoms with Gasteiger partial charge in [-0.2, -0.15) is 13.2 Å². The molecule has 0 spiro atoms. The molecule has 6 heteroatoms. The van der Waals surface area contributed by atoms with E-state index in [1.54, 1.807) is 6.92 Å². The summed E-state index contributed by atoms with van der Waals surface area (Å²) in [6.45, 7) is 3.05. The molecule has 0 fully saturated rings. The number of rotatable bonds is 2. The van der Waals surface area contributed by atoms with Crippen LogP contribution in [0.5, 0.6) is 0 Å². The SMILES string of the molecule is Cc1ccc(C(F)(F)F)cc1NC(=O)C(C)Cl. The van der Waals surface area contributed by atoms with Gasteiger partial charge in [-0.1, -0.05) is 6.07 Å². The van der Waals surface area contributed by atoms with E-state index in [1.165, 1.54) is 13.0 Å². The summed E-state index contributed by atoms with van der Waals surface area (Å²) < 4.78 is 37.4. The van der Waals surface area contributed by atoms with Crippen LogP contribution >= 0.6 is 11.6 Å². The average molecular weight is 266 g/mol. The summed E-state index contributed by atoms with van der Waals surface area (Å²) in [6.07, 6.45) is -4.43. The van der Waals surface area contributed by atoms with Crippen LogP contribution in [0, 0.1) is 6.92 Å². The Morgan fingerprint density at radius 2 is 2.00 bits per heavy atom. The predicted molar refractivity (Wildman–Crippen MR) is 60.1 cm³/mol. The number of halogens is 4. The molecular formula is C11H11ClF3NO. The lowest BCUT2D eigenvalue weighted by atomic mass is 10.1. The standard InChI is InChI=1S/C11H11ClF3NO/c1-6-3-4-8(11(13,14)15)5-9(6)16-10(17)7(2)12/h3-5,7H,1-2H3,(H,16,17). The number of nitrogens with one attached hydrogen (secondary N) is 1. The van der Waals surface area contributed by atoms with E-state index >= 15 is 0 Å². The van der Waals surface area contributed by atoms with Crippen LogP contribution in [0.1, 0.15) is 18.1 Å². The first kappa shape index (κ1) is 13.8. The second kappa shape index (κ2) is 4.96. The van der Waals surface area contributed by atoms with Crippen molar-refractivity contribution in [3.05, 3.63) is 29.3 Å². The number of hydrogen-bond donors (Lipinski definition) is 1. The zero-order chi connectivity index (χ0) is 13.2. The normalized spacial score (nSPS) is 13.3. The Balaban J connectivity index is 3.03. The van der Waals surface area contributed by atoms with Crippen LogP contribution in [0.4, 0.5) is 18.9 Å². The van der Waals surface area contributed by atoms with E-state index < -0.39 is 23.0 Å². The zero-order valence-electron chi connectivity index (χ0n) is 9.23. The van der Waals surface area contributed by atoms with Crippen molar-refractivity contribution in [2.75, 3.05) is 5.32 Å². The Morgan fingerprint density at radius 1 is 1.41 bits per heavy atom. The third-order valence-corrected chi connectivity index (χ3v) is 2.38. The van der Waals surface area contributed by atoms with Crippen molar-refractivity contribution in [3.8, 4) is 0 Å². The van der Waals surface area contributed by atoms with E-state index in [0.717, 1.165) is 12.1 Å². The molecule has 0 aliphatic rings.